The van der Waals surface area contributed by atoms with E-state index >= 15 is 0 Å². The number of benzene rings is 2. The number of hydrogen-bond acceptors (Lipinski definition) is 3. The quantitative estimate of drug-likeness (QED) is 0.281. The van der Waals surface area contributed by atoms with Gasteiger partial charge < -0.3 is 5.73 Å². The number of nitrogens with two attached hydrogens (primary N) is 1. The van der Waals surface area contributed by atoms with Crippen LogP contribution in [-0.2, 0) is 0 Å². The molecule has 2 N–H and O–H groups in total. The second-order valence-electron chi connectivity index (χ2n) is 6.55. The van der Waals surface area contributed by atoms with Crippen molar-refractivity contribution in [3.8, 4) is 11.3 Å². The predicted octanol–water partition coefficient (Wildman–Crippen LogP) is 7.01. The van der Waals surface area contributed by atoms with Gasteiger partial charge in [0.15, 0.2) is 11.6 Å². The van der Waals surface area contributed by atoms with Gasteiger partial charge in [-0.05, 0) is 63.9 Å². The fraction of sp³-hybridized carbons (Fsp3) is 0.182. The zero-order valence-electron chi connectivity index (χ0n) is 16.2. The van der Waals surface area contributed by atoms with E-state index in [2.05, 4.69) is 47.6 Å². The number of allylic oxidation sites excluding steroid dienone is 4. The van der Waals surface area contributed by atoms with Crippen LogP contribution in [0.25, 0.3) is 27.9 Å². The van der Waals surface area contributed by atoms with Crippen molar-refractivity contribution in [3.63, 3.8) is 0 Å². The number of fused-ring (bicyclic) bond motifs is 1. The Bertz CT molecular complexity index is 1170. The molecule has 8 heteroatoms. The monoisotopic (exact) mass is 539 g/mol. The maximum Gasteiger partial charge on any atom is 0.176 e. The highest BCUT2D eigenvalue weighted by Gasteiger charge is 2.23. The van der Waals surface area contributed by atoms with Crippen molar-refractivity contribution in [2.45, 2.75) is 19.8 Å². The summed E-state index contributed by atoms with van der Waals surface area (Å²) in [5.41, 5.74) is 8.64. The summed E-state index contributed by atoms with van der Waals surface area (Å²) in [5, 5.41) is 0. The van der Waals surface area contributed by atoms with Gasteiger partial charge in [-0.25, -0.2) is 23.1 Å². The second kappa shape index (κ2) is 9.41. The van der Waals surface area contributed by atoms with E-state index in [-0.39, 0.29) is 32.2 Å². The van der Waals surface area contributed by atoms with Gasteiger partial charge in [0.1, 0.15) is 16.9 Å². The van der Waals surface area contributed by atoms with Gasteiger partial charge in [-0.1, -0.05) is 35.9 Å². The van der Waals surface area contributed by atoms with Crippen molar-refractivity contribution in [3.05, 3.63) is 74.1 Å². The lowest BCUT2D eigenvalue weighted by atomic mass is 9.96. The summed E-state index contributed by atoms with van der Waals surface area (Å²) >= 11 is 6.19. The molecule has 0 spiro atoms. The first-order chi connectivity index (χ1) is 14.4. The molecule has 0 saturated carbocycles. The van der Waals surface area contributed by atoms with E-state index < -0.39 is 11.6 Å². The molecule has 1 aromatic heterocycles. The molecule has 3 nitrogen and oxygen atoms in total. The molecule has 30 heavy (non-hydrogen) atoms. The number of aromatic nitrogens is 2. The van der Waals surface area contributed by atoms with E-state index in [9.17, 15) is 13.2 Å². The minimum Gasteiger partial charge on any atom is -0.333 e. The number of aryl methyl sites for hydroxylation is 1. The van der Waals surface area contributed by atoms with Crippen molar-refractivity contribution in [1.29, 1.82) is 0 Å². The van der Waals surface area contributed by atoms with Crippen LogP contribution in [0.15, 0.2) is 51.2 Å². The van der Waals surface area contributed by atoms with Gasteiger partial charge in [-0.15, -0.1) is 0 Å². The van der Waals surface area contributed by atoms with Gasteiger partial charge in [-0.3, -0.25) is 0 Å². The van der Waals surface area contributed by atoms with E-state index in [4.69, 9.17) is 0 Å². The van der Waals surface area contributed by atoms with Crippen LogP contribution in [0.3, 0.4) is 0 Å². The van der Waals surface area contributed by atoms with Crippen LogP contribution in [0.5, 0.6) is 0 Å². The van der Waals surface area contributed by atoms with Crippen molar-refractivity contribution in [1.82, 2.24) is 9.97 Å². The van der Waals surface area contributed by atoms with E-state index in [1.54, 1.807) is 6.08 Å². The molecule has 0 radical (unpaired) electrons. The lowest BCUT2D eigenvalue weighted by Gasteiger charge is -2.16. The minimum absolute atomic E-state index is 0.0841. The number of halogens is 5. The molecule has 0 saturated heterocycles. The first kappa shape index (κ1) is 22.7. The molecular weight excluding hydrogens is 523 g/mol. The Morgan fingerprint density at radius 3 is 1.83 bits per heavy atom. The molecule has 2 aromatic carbocycles. The molecule has 1 aliphatic rings. The van der Waals surface area contributed by atoms with E-state index in [0.29, 0.717) is 17.8 Å². The first-order valence-electron chi connectivity index (χ1n) is 9.11. The largest absolute Gasteiger partial charge is 0.333 e. The molecule has 0 atom stereocenters. The highest BCUT2D eigenvalue weighted by Crippen LogP contribution is 2.38. The summed E-state index contributed by atoms with van der Waals surface area (Å²) in [6, 6.07) is 7.68. The average molecular weight is 541 g/mol. The van der Waals surface area contributed by atoms with E-state index in [1.165, 1.54) is 13.1 Å². The molecule has 0 fully saturated rings. The number of hydrogen-bond donors (Lipinski definition) is 1. The van der Waals surface area contributed by atoms with Gasteiger partial charge in [0.25, 0.3) is 0 Å². The lowest BCUT2D eigenvalue weighted by Crippen LogP contribution is -2.04. The summed E-state index contributed by atoms with van der Waals surface area (Å²) in [6.07, 6.45) is 3.78. The molecule has 0 amide bonds. The Hall–Kier alpha value is -2.03. The highest BCUT2D eigenvalue weighted by atomic mass is 79.9. The van der Waals surface area contributed by atoms with Crippen LogP contribution in [-0.4, -0.2) is 17.0 Å². The molecule has 1 aliphatic carbocycles. The van der Waals surface area contributed by atoms with Crippen LogP contribution in [0.2, 0.25) is 0 Å². The van der Waals surface area contributed by atoms with Gasteiger partial charge in [0, 0.05) is 12.0 Å². The Morgan fingerprint density at radius 1 is 0.800 bits per heavy atom. The molecular formula is C22H18Br2F3N3. The highest BCUT2D eigenvalue weighted by molar-refractivity contribution is 9.11. The summed E-state index contributed by atoms with van der Waals surface area (Å²) in [5.74, 6) is -2.27. The predicted molar refractivity (Wildman–Crippen MR) is 122 cm³/mol. The number of rotatable bonds is 2. The first-order valence-corrected chi connectivity index (χ1v) is 10.7. The van der Waals surface area contributed by atoms with Crippen LogP contribution in [0, 0.1) is 18.6 Å². The molecule has 0 unspecified atom stereocenters. The third-order valence-corrected chi connectivity index (χ3v) is 6.06. The normalized spacial score (nSPS) is 13.5. The van der Waals surface area contributed by atoms with Crippen LogP contribution in [0.4, 0.5) is 13.2 Å². The zero-order valence-corrected chi connectivity index (χ0v) is 19.4. The van der Waals surface area contributed by atoms with Gasteiger partial charge >= 0.3 is 0 Å². The van der Waals surface area contributed by atoms with Crippen molar-refractivity contribution < 1.29 is 13.2 Å². The fourth-order valence-corrected chi connectivity index (χ4v) is 3.99. The maximum atomic E-state index is 14.2. The van der Waals surface area contributed by atoms with E-state index in [1.807, 2.05) is 31.2 Å². The Balaban J connectivity index is 0.00000124. The fourth-order valence-electron chi connectivity index (χ4n) is 3.09. The van der Waals surface area contributed by atoms with Crippen LogP contribution >= 0.6 is 31.9 Å². The van der Waals surface area contributed by atoms with Crippen LogP contribution < -0.4 is 5.73 Å². The molecule has 3 aromatic rings. The lowest BCUT2D eigenvalue weighted by molar-refractivity contribution is 0.502. The van der Waals surface area contributed by atoms with Crippen molar-refractivity contribution in [2.75, 3.05) is 7.05 Å². The Labute approximate surface area is 189 Å². The molecule has 0 bridgehead atoms. The van der Waals surface area contributed by atoms with Gasteiger partial charge in [0.05, 0.1) is 20.3 Å². The smallest absolute Gasteiger partial charge is 0.176 e. The third-order valence-electron chi connectivity index (χ3n) is 4.62. The van der Waals surface area contributed by atoms with Gasteiger partial charge in [0.2, 0.25) is 0 Å². The summed E-state index contributed by atoms with van der Waals surface area (Å²) in [6.45, 7) is 1.97. The number of nitrogens with zero attached hydrogens (tertiary/aromatic N) is 2. The van der Waals surface area contributed by atoms with E-state index in [0.717, 1.165) is 16.7 Å². The molecule has 156 valence electrons. The molecule has 1 heterocycles. The summed E-state index contributed by atoms with van der Waals surface area (Å²) in [4.78, 5) is 9.25. The Kier molecular flexibility index (Phi) is 7.10. The second-order valence-corrected chi connectivity index (χ2v) is 8.13. The summed E-state index contributed by atoms with van der Waals surface area (Å²) in [7, 11) is 1.50. The minimum atomic E-state index is -1.04. The third kappa shape index (κ3) is 4.22. The topological polar surface area (TPSA) is 51.8 Å². The zero-order chi connectivity index (χ0) is 22.0. The molecule has 4 rings (SSSR count). The average Bonchev–Trinajstić information content (AvgIpc) is 2.78. The van der Waals surface area contributed by atoms with Gasteiger partial charge in [-0.2, -0.15) is 0 Å². The van der Waals surface area contributed by atoms with Crippen molar-refractivity contribution in [2.24, 2.45) is 5.73 Å². The standard InChI is InChI=1S/C21H13Br2F3N2.CH5N/c1-10-2-4-11(5-3-10)18-19(12-6-8-13(24)9-7-12)28-21-15(23)17(26)16(25)14(22)20(21)27-18;1-2/h2-6,8H,7,9H2,1H3;2H2,1H3. The van der Waals surface area contributed by atoms with Crippen LogP contribution in [0.1, 0.15) is 24.1 Å². The Morgan fingerprint density at radius 2 is 1.33 bits per heavy atom. The maximum absolute atomic E-state index is 14.2. The van der Waals surface area contributed by atoms with Crippen molar-refractivity contribution >= 4 is 48.5 Å². The SMILES string of the molecule is CN.Cc1ccc(-c2nc3c(Br)c(F)c(F)c(Br)c3nc2C2=CC=C(F)CC2)cc1. The summed E-state index contributed by atoms with van der Waals surface area (Å²) < 4.78 is 41.8. The molecule has 0 aliphatic heterocycles.